The molecule has 0 aliphatic carbocycles. The van der Waals surface area contributed by atoms with Crippen LogP contribution < -0.4 is 4.74 Å². The number of carbonyl (C=O) groups is 1. The summed E-state index contributed by atoms with van der Waals surface area (Å²) >= 11 is 0. The van der Waals surface area contributed by atoms with Crippen LogP contribution in [-0.4, -0.2) is 12.4 Å². The number of benzene rings is 2. The van der Waals surface area contributed by atoms with Gasteiger partial charge in [-0.25, -0.2) is 4.39 Å². The minimum atomic E-state index is -0.394. The zero-order valence-electron chi connectivity index (χ0n) is 10.9. The molecular formula is C16H15FO2. The van der Waals surface area contributed by atoms with Gasteiger partial charge in [-0.15, -0.1) is 0 Å². The normalized spacial score (nSPS) is 10.3. The van der Waals surface area contributed by atoms with Gasteiger partial charge in [0.05, 0.1) is 6.61 Å². The van der Waals surface area contributed by atoms with Crippen molar-refractivity contribution >= 4 is 5.78 Å². The molecule has 0 spiro atoms. The smallest absolute Gasteiger partial charge is 0.193 e. The van der Waals surface area contributed by atoms with Crippen LogP contribution in [0.25, 0.3) is 0 Å². The van der Waals surface area contributed by atoms with Gasteiger partial charge >= 0.3 is 0 Å². The molecule has 0 atom stereocenters. The van der Waals surface area contributed by atoms with E-state index in [2.05, 4.69) is 0 Å². The molecule has 0 saturated carbocycles. The van der Waals surface area contributed by atoms with Crippen LogP contribution in [0.4, 0.5) is 4.39 Å². The summed E-state index contributed by atoms with van der Waals surface area (Å²) < 4.78 is 18.6. The van der Waals surface area contributed by atoms with Gasteiger partial charge in [0.25, 0.3) is 0 Å². The van der Waals surface area contributed by atoms with Gasteiger partial charge in [0.2, 0.25) is 0 Å². The van der Waals surface area contributed by atoms with Crippen molar-refractivity contribution < 1.29 is 13.9 Å². The molecule has 0 heterocycles. The predicted octanol–water partition coefficient (Wildman–Crippen LogP) is 3.76. The Labute approximate surface area is 111 Å². The lowest BCUT2D eigenvalue weighted by Gasteiger charge is -2.05. The van der Waals surface area contributed by atoms with E-state index in [0.717, 1.165) is 11.3 Å². The largest absolute Gasteiger partial charge is 0.494 e. The van der Waals surface area contributed by atoms with Gasteiger partial charge in [-0.2, -0.15) is 0 Å². The zero-order chi connectivity index (χ0) is 13.8. The van der Waals surface area contributed by atoms with Crippen LogP contribution in [0, 0.1) is 12.7 Å². The molecule has 2 nitrogen and oxygen atoms in total. The van der Waals surface area contributed by atoms with E-state index >= 15 is 0 Å². The van der Waals surface area contributed by atoms with Crippen molar-refractivity contribution in [2.75, 3.05) is 6.61 Å². The van der Waals surface area contributed by atoms with Crippen LogP contribution in [0.1, 0.15) is 28.4 Å². The fourth-order valence-corrected chi connectivity index (χ4v) is 1.90. The fraction of sp³-hybridized carbons (Fsp3) is 0.188. The van der Waals surface area contributed by atoms with Crippen molar-refractivity contribution in [1.82, 2.24) is 0 Å². The van der Waals surface area contributed by atoms with Gasteiger partial charge < -0.3 is 4.74 Å². The third-order valence-electron chi connectivity index (χ3n) is 2.73. The molecule has 0 aliphatic rings. The SMILES string of the molecule is CCOc1ccc(C(=O)c2cc(C)cc(F)c2)cc1. The van der Waals surface area contributed by atoms with Crippen molar-refractivity contribution in [2.24, 2.45) is 0 Å². The molecule has 19 heavy (non-hydrogen) atoms. The summed E-state index contributed by atoms with van der Waals surface area (Å²) in [4.78, 5) is 12.2. The number of hydrogen-bond acceptors (Lipinski definition) is 2. The van der Waals surface area contributed by atoms with Gasteiger partial charge in [0.1, 0.15) is 11.6 Å². The highest BCUT2D eigenvalue weighted by Gasteiger charge is 2.10. The molecule has 0 fully saturated rings. The molecular weight excluding hydrogens is 243 g/mol. The Morgan fingerprint density at radius 2 is 1.79 bits per heavy atom. The van der Waals surface area contributed by atoms with Crippen molar-refractivity contribution in [1.29, 1.82) is 0 Å². The number of ether oxygens (including phenoxy) is 1. The summed E-state index contributed by atoms with van der Waals surface area (Å²) in [6.07, 6.45) is 0. The van der Waals surface area contributed by atoms with E-state index < -0.39 is 5.82 Å². The maximum atomic E-state index is 13.3. The molecule has 2 aromatic rings. The topological polar surface area (TPSA) is 26.3 Å². The quantitative estimate of drug-likeness (QED) is 0.780. The summed E-state index contributed by atoms with van der Waals surface area (Å²) in [5.41, 5.74) is 1.62. The lowest BCUT2D eigenvalue weighted by molar-refractivity contribution is 0.103. The Hall–Kier alpha value is -2.16. The van der Waals surface area contributed by atoms with Crippen LogP contribution in [0.3, 0.4) is 0 Å². The Kier molecular flexibility index (Phi) is 3.95. The zero-order valence-corrected chi connectivity index (χ0v) is 10.9. The lowest BCUT2D eigenvalue weighted by Crippen LogP contribution is -2.02. The van der Waals surface area contributed by atoms with E-state index in [4.69, 9.17) is 4.74 Å². The number of rotatable bonds is 4. The molecule has 0 N–H and O–H groups in total. The minimum Gasteiger partial charge on any atom is -0.494 e. The summed E-state index contributed by atoms with van der Waals surface area (Å²) in [6.45, 7) is 4.24. The third kappa shape index (κ3) is 3.19. The van der Waals surface area contributed by atoms with Crippen molar-refractivity contribution in [3.63, 3.8) is 0 Å². The second-order valence-electron chi connectivity index (χ2n) is 4.30. The van der Waals surface area contributed by atoms with Crippen LogP contribution in [0.5, 0.6) is 5.75 Å². The summed E-state index contributed by atoms with van der Waals surface area (Å²) in [7, 11) is 0. The summed E-state index contributed by atoms with van der Waals surface area (Å²) in [5.74, 6) is 0.134. The minimum absolute atomic E-state index is 0.189. The number of hydrogen-bond donors (Lipinski definition) is 0. The molecule has 0 unspecified atom stereocenters. The van der Waals surface area contributed by atoms with E-state index in [1.54, 1.807) is 37.3 Å². The monoisotopic (exact) mass is 258 g/mol. The number of aryl methyl sites for hydroxylation is 1. The van der Waals surface area contributed by atoms with E-state index in [0.29, 0.717) is 17.7 Å². The first-order valence-electron chi connectivity index (χ1n) is 6.15. The van der Waals surface area contributed by atoms with Crippen LogP contribution >= 0.6 is 0 Å². The first-order valence-corrected chi connectivity index (χ1v) is 6.15. The Bertz CT molecular complexity index is 568. The second kappa shape index (κ2) is 5.65. The molecule has 3 heteroatoms. The molecule has 0 saturated heterocycles. The average Bonchev–Trinajstić information content (AvgIpc) is 2.38. The summed E-state index contributed by atoms with van der Waals surface area (Å²) in [5, 5.41) is 0. The van der Waals surface area contributed by atoms with E-state index in [1.165, 1.54) is 12.1 Å². The maximum Gasteiger partial charge on any atom is 0.193 e. The average molecular weight is 258 g/mol. The molecule has 2 aromatic carbocycles. The number of halogens is 1. The van der Waals surface area contributed by atoms with Gasteiger partial charge in [-0.1, -0.05) is 0 Å². The highest BCUT2D eigenvalue weighted by Crippen LogP contribution is 2.17. The standard InChI is InChI=1S/C16H15FO2/c1-3-19-15-6-4-12(5-7-15)16(18)13-8-11(2)9-14(17)10-13/h4-10H,3H2,1-2H3. The van der Waals surface area contributed by atoms with Crippen LogP contribution in [0.15, 0.2) is 42.5 Å². The highest BCUT2D eigenvalue weighted by atomic mass is 19.1. The number of carbonyl (C=O) groups excluding carboxylic acids is 1. The lowest BCUT2D eigenvalue weighted by atomic mass is 10.0. The Morgan fingerprint density at radius 3 is 2.37 bits per heavy atom. The molecule has 98 valence electrons. The fourth-order valence-electron chi connectivity index (χ4n) is 1.90. The molecule has 0 aliphatic heterocycles. The van der Waals surface area contributed by atoms with E-state index in [-0.39, 0.29) is 5.78 Å². The van der Waals surface area contributed by atoms with Gasteiger partial charge in [0.15, 0.2) is 5.78 Å². The predicted molar refractivity (Wildman–Crippen MR) is 72.2 cm³/mol. The van der Waals surface area contributed by atoms with Crippen molar-refractivity contribution in [2.45, 2.75) is 13.8 Å². The van der Waals surface area contributed by atoms with Crippen LogP contribution in [-0.2, 0) is 0 Å². The Morgan fingerprint density at radius 1 is 1.11 bits per heavy atom. The molecule has 0 bridgehead atoms. The highest BCUT2D eigenvalue weighted by molar-refractivity contribution is 6.09. The van der Waals surface area contributed by atoms with Gasteiger partial charge in [0, 0.05) is 11.1 Å². The molecule has 0 amide bonds. The molecule has 2 rings (SSSR count). The maximum absolute atomic E-state index is 13.3. The number of ketones is 1. The van der Waals surface area contributed by atoms with E-state index in [1.807, 2.05) is 6.92 Å². The summed E-state index contributed by atoms with van der Waals surface area (Å²) in [6, 6.07) is 11.2. The first-order chi connectivity index (χ1) is 9.10. The van der Waals surface area contributed by atoms with E-state index in [9.17, 15) is 9.18 Å². The van der Waals surface area contributed by atoms with Crippen LogP contribution in [0.2, 0.25) is 0 Å². The second-order valence-corrected chi connectivity index (χ2v) is 4.30. The van der Waals surface area contributed by atoms with Gasteiger partial charge in [-0.3, -0.25) is 4.79 Å². The molecule has 0 aromatic heterocycles. The third-order valence-corrected chi connectivity index (χ3v) is 2.73. The Balaban J connectivity index is 2.28. The molecule has 0 radical (unpaired) electrons. The first kappa shape index (κ1) is 13.3. The van der Waals surface area contributed by atoms with Crippen molar-refractivity contribution in [3.8, 4) is 5.75 Å². The van der Waals surface area contributed by atoms with Crippen molar-refractivity contribution in [3.05, 3.63) is 65.0 Å². The van der Waals surface area contributed by atoms with Gasteiger partial charge in [-0.05, 0) is 61.9 Å².